The minimum atomic E-state index is -0.559. The molecule has 0 radical (unpaired) electrons. The minimum absolute atomic E-state index is 0.101. The summed E-state index contributed by atoms with van der Waals surface area (Å²) in [5.41, 5.74) is 2.19. The zero-order valence-corrected chi connectivity index (χ0v) is 11.1. The van der Waals surface area contributed by atoms with Gasteiger partial charge in [-0.2, -0.15) is 0 Å². The van der Waals surface area contributed by atoms with Crippen molar-refractivity contribution < 1.29 is 19.7 Å². The van der Waals surface area contributed by atoms with E-state index in [4.69, 9.17) is 4.74 Å². The van der Waals surface area contributed by atoms with Crippen LogP contribution in [-0.2, 0) is 11.2 Å². The quantitative estimate of drug-likeness (QED) is 0.639. The maximum atomic E-state index is 11.7. The fourth-order valence-corrected chi connectivity index (χ4v) is 1.70. The van der Waals surface area contributed by atoms with E-state index in [0.29, 0.717) is 17.5 Å². The van der Waals surface area contributed by atoms with Gasteiger partial charge in [0.1, 0.15) is 11.5 Å². The molecule has 0 bridgehead atoms. The normalized spacial score (nSPS) is 10.0. The van der Waals surface area contributed by atoms with Crippen LogP contribution in [0.15, 0.2) is 17.7 Å². The SMILES string of the molecule is COC(=O)c1c(C)c(O)cc(O)c1CC=C(C)C. The largest absolute Gasteiger partial charge is 0.508 e. The molecule has 1 aromatic carbocycles. The van der Waals surface area contributed by atoms with E-state index in [1.807, 2.05) is 19.9 Å². The van der Waals surface area contributed by atoms with E-state index >= 15 is 0 Å². The summed E-state index contributed by atoms with van der Waals surface area (Å²) in [5, 5.41) is 19.5. The molecule has 0 aliphatic rings. The molecule has 0 aromatic heterocycles. The summed E-state index contributed by atoms with van der Waals surface area (Å²) < 4.78 is 4.69. The number of hydrogen-bond acceptors (Lipinski definition) is 4. The number of benzene rings is 1. The van der Waals surface area contributed by atoms with Gasteiger partial charge in [-0.05, 0) is 27.2 Å². The Morgan fingerprint density at radius 3 is 2.44 bits per heavy atom. The highest BCUT2D eigenvalue weighted by molar-refractivity contribution is 5.94. The molecule has 18 heavy (non-hydrogen) atoms. The van der Waals surface area contributed by atoms with Crippen molar-refractivity contribution in [3.8, 4) is 11.5 Å². The molecule has 0 saturated carbocycles. The Labute approximate surface area is 107 Å². The Morgan fingerprint density at radius 2 is 1.94 bits per heavy atom. The van der Waals surface area contributed by atoms with E-state index in [0.717, 1.165) is 5.57 Å². The summed E-state index contributed by atoms with van der Waals surface area (Å²) in [4.78, 5) is 11.7. The van der Waals surface area contributed by atoms with Crippen molar-refractivity contribution >= 4 is 5.97 Å². The number of rotatable bonds is 3. The molecule has 2 N–H and O–H groups in total. The molecule has 0 aliphatic heterocycles. The number of phenols is 2. The predicted molar refractivity (Wildman–Crippen MR) is 69.0 cm³/mol. The fraction of sp³-hybridized carbons (Fsp3) is 0.357. The zero-order valence-electron chi connectivity index (χ0n) is 11.1. The van der Waals surface area contributed by atoms with Crippen LogP contribution >= 0.6 is 0 Å². The summed E-state index contributed by atoms with van der Waals surface area (Å²) in [6, 6.07) is 1.25. The molecule has 0 heterocycles. The van der Waals surface area contributed by atoms with Crippen LogP contribution in [-0.4, -0.2) is 23.3 Å². The van der Waals surface area contributed by atoms with Crippen LogP contribution in [0.4, 0.5) is 0 Å². The molecule has 0 atom stereocenters. The van der Waals surface area contributed by atoms with E-state index in [-0.39, 0.29) is 17.1 Å². The highest BCUT2D eigenvalue weighted by Gasteiger charge is 2.20. The van der Waals surface area contributed by atoms with Crippen molar-refractivity contribution in [2.24, 2.45) is 0 Å². The maximum absolute atomic E-state index is 11.7. The first kappa shape index (κ1) is 14.1. The third-order valence-corrected chi connectivity index (χ3v) is 2.75. The van der Waals surface area contributed by atoms with E-state index in [9.17, 15) is 15.0 Å². The standard InChI is InChI=1S/C14H18O4/c1-8(2)5-6-10-12(16)7-11(15)9(3)13(10)14(17)18-4/h5,7,15-16H,6H2,1-4H3. The van der Waals surface area contributed by atoms with Crippen LogP contribution in [0.25, 0.3) is 0 Å². The van der Waals surface area contributed by atoms with Crippen LogP contribution < -0.4 is 0 Å². The van der Waals surface area contributed by atoms with Gasteiger partial charge in [-0.3, -0.25) is 0 Å². The van der Waals surface area contributed by atoms with E-state index in [1.54, 1.807) is 6.92 Å². The first-order valence-electron chi connectivity index (χ1n) is 5.64. The Hall–Kier alpha value is -1.97. The lowest BCUT2D eigenvalue weighted by Crippen LogP contribution is -2.08. The van der Waals surface area contributed by atoms with E-state index in [1.165, 1.54) is 13.2 Å². The number of allylic oxidation sites excluding steroid dienone is 2. The third-order valence-electron chi connectivity index (χ3n) is 2.75. The first-order valence-corrected chi connectivity index (χ1v) is 5.64. The second-order valence-corrected chi connectivity index (χ2v) is 4.37. The Kier molecular flexibility index (Phi) is 4.37. The molecular formula is C14H18O4. The van der Waals surface area contributed by atoms with Gasteiger partial charge < -0.3 is 14.9 Å². The Morgan fingerprint density at radius 1 is 1.33 bits per heavy atom. The highest BCUT2D eigenvalue weighted by atomic mass is 16.5. The number of phenolic OH excluding ortho intramolecular Hbond substituents is 2. The van der Waals surface area contributed by atoms with Gasteiger partial charge >= 0.3 is 5.97 Å². The lowest BCUT2D eigenvalue weighted by molar-refractivity contribution is 0.0597. The minimum Gasteiger partial charge on any atom is -0.508 e. The lowest BCUT2D eigenvalue weighted by atomic mass is 9.97. The molecule has 0 aliphatic carbocycles. The predicted octanol–water partition coefficient (Wildman–Crippen LogP) is 2.70. The Bertz CT molecular complexity index is 497. The summed E-state index contributed by atoms with van der Waals surface area (Å²) in [5.74, 6) is -0.777. The molecule has 0 spiro atoms. The van der Waals surface area contributed by atoms with Gasteiger partial charge in [0.15, 0.2) is 0 Å². The average Bonchev–Trinajstić information content (AvgIpc) is 2.30. The molecule has 0 fully saturated rings. The van der Waals surface area contributed by atoms with Gasteiger partial charge in [-0.15, -0.1) is 0 Å². The lowest BCUT2D eigenvalue weighted by Gasteiger charge is -2.13. The topological polar surface area (TPSA) is 66.8 Å². The van der Waals surface area contributed by atoms with Gasteiger partial charge in [-0.25, -0.2) is 4.79 Å². The van der Waals surface area contributed by atoms with Crippen molar-refractivity contribution in [2.75, 3.05) is 7.11 Å². The second kappa shape index (κ2) is 5.58. The van der Waals surface area contributed by atoms with Crippen molar-refractivity contribution in [2.45, 2.75) is 27.2 Å². The number of aromatic hydroxyl groups is 2. The van der Waals surface area contributed by atoms with Gasteiger partial charge in [0.25, 0.3) is 0 Å². The molecule has 0 amide bonds. The molecule has 4 heteroatoms. The van der Waals surface area contributed by atoms with Crippen molar-refractivity contribution in [1.82, 2.24) is 0 Å². The second-order valence-electron chi connectivity index (χ2n) is 4.37. The number of carbonyl (C=O) groups is 1. The highest BCUT2D eigenvalue weighted by Crippen LogP contribution is 2.33. The summed E-state index contributed by atoms with van der Waals surface area (Å²) in [7, 11) is 1.27. The summed E-state index contributed by atoms with van der Waals surface area (Å²) >= 11 is 0. The van der Waals surface area contributed by atoms with Crippen molar-refractivity contribution in [3.05, 3.63) is 34.4 Å². The first-order chi connectivity index (χ1) is 8.38. The van der Waals surface area contributed by atoms with Crippen LogP contribution in [0.1, 0.15) is 35.3 Å². The third kappa shape index (κ3) is 2.83. The Balaban J connectivity index is 3.42. The van der Waals surface area contributed by atoms with Gasteiger partial charge in [0.2, 0.25) is 0 Å². The molecule has 4 nitrogen and oxygen atoms in total. The molecule has 1 aromatic rings. The molecule has 98 valence electrons. The number of carbonyl (C=O) groups excluding carboxylic acids is 1. The summed E-state index contributed by atoms with van der Waals surface area (Å²) in [6.45, 7) is 5.48. The number of esters is 1. The van der Waals surface area contributed by atoms with Crippen molar-refractivity contribution in [1.29, 1.82) is 0 Å². The molecule has 0 unspecified atom stereocenters. The molecular weight excluding hydrogens is 232 g/mol. The summed E-state index contributed by atoms with van der Waals surface area (Å²) in [6.07, 6.45) is 2.32. The van der Waals surface area contributed by atoms with Gasteiger partial charge in [0.05, 0.1) is 12.7 Å². The van der Waals surface area contributed by atoms with Gasteiger partial charge in [-0.1, -0.05) is 11.6 Å². The van der Waals surface area contributed by atoms with E-state index < -0.39 is 5.97 Å². The zero-order chi connectivity index (χ0) is 13.9. The maximum Gasteiger partial charge on any atom is 0.338 e. The van der Waals surface area contributed by atoms with Crippen LogP contribution in [0.3, 0.4) is 0 Å². The molecule has 1 rings (SSSR count). The molecule has 0 saturated heterocycles. The monoisotopic (exact) mass is 250 g/mol. The number of hydrogen-bond donors (Lipinski definition) is 2. The number of ether oxygens (including phenoxy) is 1. The van der Waals surface area contributed by atoms with E-state index in [2.05, 4.69) is 0 Å². The average molecular weight is 250 g/mol. The fourth-order valence-electron chi connectivity index (χ4n) is 1.70. The van der Waals surface area contributed by atoms with Crippen molar-refractivity contribution in [3.63, 3.8) is 0 Å². The van der Waals surface area contributed by atoms with Crippen LogP contribution in [0.5, 0.6) is 11.5 Å². The number of methoxy groups -OCH3 is 1. The van der Waals surface area contributed by atoms with Crippen LogP contribution in [0, 0.1) is 6.92 Å². The smallest absolute Gasteiger partial charge is 0.338 e. The van der Waals surface area contributed by atoms with Crippen LogP contribution in [0.2, 0.25) is 0 Å². The van der Waals surface area contributed by atoms with Gasteiger partial charge in [0, 0.05) is 17.2 Å².